The predicted octanol–water partition coefficient (Wildman–Crippen LogP) is 3.14. The normalized spacial score (nSPS) is 17.8. The zero-order valence-corrected chi connectivity index (χ0v) is 10.5. The van der Waals surface area contributed by atoms with Gasteiger partial charge in [-0.05, 0) is 30.0 Å². The van der Waals surface area contributed by atoms with E-state index >= 15 is 0 Å². The Morgan fingerprint density at radius 3 is 2.78 bits per heavy atom. The highest BCUT2D eigenvalue weighted by molar-refractivity contribution is 6.11. The topological polar surface area (TPSA) is 49.9 Å². The number of rotatable bonds is 1. The van der Waals surface area contributed by atoms with E-state index in [2.05, 4.69) is 18.8 Å². The molecular formula is C15H15NO2. The van der Waals surface area contributed by atoms with Crippen LogP contribution in [0.3, 0.4) is 0 Å². The molecule has 0 saturated heterocycles. The Labute approximate surface area is 105 Å². The van der Waals surface area contributed by atoms with Crippen molar-refractivity contribution in [3.8, 4) is 0 Å². The van der Waals surface area contributed by atoms with Gasteiger partial charge in [0.05, 0.1) is 0 Å². The molecule has 1 aromatic carbocycles. The molecule has 0 fully saturated rings. The molecule has 1 aromatic heterocycles. The van der Waals surface area contributed by atoms with Crippen molar-refractivity contribution >= 4 is 23.0 Å². The van der Waals surface area contributed by atoms with Crippen molar-refractivity contribution in [1.29, 1.82) is 0 Å². The number of aromatic nitrogens is 1. The minimum atomic E-state index is 0.0123. The van der Waals surface area contributed by atoms with Crippen LogP contribution in [0.2, 0.25) is 0 Å². The Balaban J connectivity index is 2.28. The summed E-state index contributed by atoms with van der Waals surface area (Å²) >= 11 is 0. The van der Waals surface area contributed by atoms with E-state index in [0.29, 0.717) is 12.0 Å². The summed E-state index contributed by atoms with van der Waals surface area (Å²) in [6, 6.07) is 5.44. The summed E-state index contributed by atoms with van der Waals surface area (Å²) in [5.41, 5.74) is 3.36. The van der Waals surface area contributed by atoms with Crippen molar-refractivity contribution < 1.29 is 9.59 Å². The van der Waals surface area contributed by atoms with Crippen LogP contribution in [0.4, 0.5) is 0 Å². The zero-order chi connectivity index (χ0) is 12.9. The first-order chi connectivity index (χ1) is 8.50. The number of Topliss-reactive ketones (excluding diaryl/α,β-unsaturated/α-hetero) is 1. The fourth-order valence-electron chi connectivity index (χ4n) is 2.85. The lowest BCUT2D eigenvalue weighted by Crippen LogP contribution is -2.26. The maximum Gasteiger partial charge on any atom is 0.165 e. The van der Waals surface area contributed by atoms with Crippen molar-refractivity contribution in [2.45, 2.75) is 26.7 Å². The highest BCUT2D eigenvalue weighted by Gasteiger charge is 2.33. The molecule has 0 saturated carbocycles. The Bertz CT molecular complexity index is 664. The summed E-state index contributed by atoms with van der Waals surface area (Å²) < 4.78 is 0. The summed E-state index contributed by atoms with van der Waals surface area (Å²) in [6.07, 6.45) is 2.26. The van der Waals surface area contributed by atoms with E-state index in [4.69, 9.17) is 0 Å². The van der Waals surface area contributed by atoms with Gasteiger partial charge in [-0.1, -0.05) is 13.8 Å². The molecule has 0 amide bonds. The summed E-state index contributed by atoms with van der Waals surface area (Å²) in [4.78, 5) is 26.4. The van der Waals surface area contributed by atoms with E-state index in [1.54, 1.807) is 12.1 Å². The van der Waals surface area contributed by atoms with E-state index in [0.717, 1.165) is 34.9 Å². The monoisotopic (exact) mass is 241 g/mol. The van der Waals surface area contributed by atoms with Gasteiger partial charge in [-0.25, -0.2) is 0 Å². The van der Waals surface area contributed by atoms with Crippen LogP contribution in [-0.4, -0.2) is 17.1 Å². The first-order valence-corrected chi connectivity index (χ1v) is 6.13. The van der Waals surface area contributed by atoms with E-state index in [1.165, 1.54) is 0 Å². The maximum atomic E-state index is 12.3. The van der Waals surface area contributed by atoms with Crippen molar-refractivity contribution in [3.05, 3.63) is 35.0 Å². The number of hydrogen-bond donors (Lipinski definition) is 1. The molecule has 0 spiro atoms. The fraction of sp³-hybridized carbons (Fsp3) is 0.333. The second kappa shape index (κ2) is 3.55. The summed E-state index contributed by atoms with van der Waals surface area (Å²) in [7, 11) is 0. The smallest absolute Gasteiger partial charge is 0.165 e. The number of hydrogen-bond acceptors (Lipinski definition) is 2. The molecule has 92 valence electrons. The van der Waals surface area contributed by atoms with Gasteiger partial charge in [0.1, 0.15) is 6.29 Å². The number of ketones is 1. The number of fused-ring (bicyclic) bond motifs is 3. The molecule has 1 aliphatic carbocycles. The highest BCUT2D eigenvalue weighted by atomic mass is 16.1. The van der Waals surface area contributed by atoms with Crippen LogP contribution < -0.4 is 0 Å². The van der Waals surface area contributed by atoms with E-state index in [9.17, 15) is 9.59 Å². The first-order valence-electron chi connectivity index (χ1n) is 6.13. The van der Waals surface area contributed by atoms with E-state index in [1.807, 2.05) is 6.07 Å². The fourth-order valence-corrected chi connectivity index (χ4v) is 2.85. The lowest BCUT2D eigenvalue weighted by atomic mass is 9.76. The predicted molar refractivity (Wildman–Crippen MR) is 70.1 cm³/mol. The lowest BCUT2D eigenvalue weighted by Gasteiger charge is -2.28. The molecule has 3 heteroatoms. The van der Waals surface area contributed by atoms with Crippen molar-refractivity contribution in [2.24, 2.45) is 5.41 Å². The minimum absolute atomic E-state index is 0.0123. The van der Waals surface area contributed by atoms with Gasteiger partial charge in [0.15, 0.2) is 5.78 Å². The Hall–Kier alpha value is -1.90. The van der Waals surface area contributed by atoms with Crippen LogP contribution in [0.15, 0.2) is 18.2 Å². The van der Waals surface area contributed by atoms with Gasteiger partial charge < -0.3 is 4.98 Å². The standard InChI is InChI=1S/C15H15NO2/c1-15(2)6-12-14(13(18)7-15)10-5-9(8-17)3-4-11(10)16-12/h3-5,8,16H,6-7H2,1-2H3. The second-order valence-electron chi connectivity index (χ2n) is 5.84. The lowest BCUT2D eigenvalue weighted by molar-refractivity contribution is 0.0913. The highest BCUT2D eigenvalue weighted by Crippen LogP contribution is 2.37. The molecule has 18 heavy (non-hydrogen) atoms. The van der Waals surface area contributed by atoms with E-state index in [-0.39, 0.29) is 11.2 Å². The molecule has 1 heterocycles. The molecule has 3 nitrogen and oxygen atoms in total. The minimum Gasteiger partial charge on any atom is -0.358 e. The summed E-state index contributed by atoms with van der Waals surface area (Å²) in [6.45, 7) is 4.21. The largest absolute Gasteiger partial charge is 0.358 e. The molecule has 1 N–H and O–H groups in total. The summed E-state index contributed by atoms with van der Waals surface area (Å²) in [5, 5.41) is 0.884. The Morgan fingerprint density at radius 2 is 2.06 bits per heavy atom. The average molecular weight is 241 g/mol. The molecule has 3 rings (SSSR count). The molecular weight excluding hydrogens is 226 g/mol. The van der Waals surface area contributed by atoms with Crippen LogP contribution >= 0.6 is 0 Å². The zero-order valence-electron chi connectivity index (χ0n) is 10.5. The number of carbonyl (C=O) groups excluding carboxylic acids is 2. The third-order valence-electron chi connectivity index (χ3n) is 3.61. The molecule has 0 atom stereocenters. The number of aldehydes is 1. The van der Waals surface area contributed by atoms with Crippen LogP contribution in [0, 0.1) is 5.41 Å². The molecule has 1 aliphatic rings. The molecule has 0 unspecified atom stereocenters. The van der Waals surface area contributed by atoms with Crippen LogP contribution in [-0.2, 0) is 6.42 Å². The summed E-state index contributed by atoms with van der Waals surface area (Å²) in [5.74, 6) is 0.176. The maximum absolute atomic E-state index is 12.3. The van der Waals surface area contributed by atoms with Gasteiger partial charge in [-0.15, -0.1) is 0 Å². The molecule has 0 bridgehead atoms. The number of H-pyrrole nitrogens is 1. The van der Waals surface area contributed by atoms with Crippen molar-refractivity contribution in [1.82, 2.24) is 4.98 Å². The molecule has 0 radical (unpaired) electrons. The number of carbonyl (C=O) groups is 2. The molecule has 2 aromatic rings. The third kappa shape index (κ3) is 1.58. The van der Waals surface area contributed by atoms with Gasteiger partial charge in [-0.3, -0.25) is 9.59 Å². The van der Waals surface area contributed by atoms with Crippen LogP contribution in [0.1, 0.15) is 46.7 Å². The Morgan fingerprint density at radius 1 is 1.28 bits per heavy atom. The second-order valence-corrected chi connectivity index (χ2v) is 5.84. The van der Waals surface area contributed by atoms with Gasteiger partial charge in [-0.2, -0.15) is 0 Å². The van der Waals surface area contributed by atoms with Crippen molar-refractivity contribution in [3.63, 3.8) is 0 Å². The average Bonchev–Trinajstić information content (AvgIpc) is 2.63. The van der Waals surface area contributed by atoms with Crippen molar-refractivity contribution in [2.75, 3.05) is 0 Å². The van der Waals surface area contributed by atoms with Gasteiger partial charge in [0.25, 0.3) is 0 Å². The van der Waals surface area contributed by atoms with Gasteiger partial charge in [0.2, 0.25) is 0 Å². The number of benzene rings is 1. The van der Waals surface area contributed by atoms with Gasteiger partial charge in [0, 0.05) is 34.1 Å². The number of aromatic amines is 1. The van der Waals surface area contributed by atoms with Crippen LogP contribution in [0.5, 0.6) is 0 Å². The van der Waals surface area contributed by atoms with E-state index < -0.39 is 0 Å². The van der Waals surface area contributed by atoms with Gasteiger partial charge >= 0.3 is 0 Å². The molecule has 0 aliphatic heterocycles. The quantitative estimate of drug-likeness (QED) is 0.780. The van der Waals surface area contributed by atoms with Crippen LogP contribution in [0.25, 0.3) is 10.9 Å². The first kappa shape index (κ1) is 11.2. The third-order valence-corrected chi connectivity index (χ3v) is 3.61. The number of nitrogens with one attached hydrogen (secondary N) is 1. The Kier molecular flexibility index (Phi) is 2.21. The SMILES string of the molecule is CC1(C)CC(=O)c2c([nH]c3ccc(C=O)cc23)C1.